The normalized spacial score (nSPS) is 15.6. The number of fused-ring (bicyclic) bond motifs is 1. The van der Waals surface area contributed by atoms with Gasteiger partial charge in [0.25, 0.3) is 0 Å². The Hall–Kier alpha value is -3.26. The van der Waals surface area contributed by atoms with Crippen LogP contribution in [0.15, 0.2) is 48.7 Å². The molecule has 7 nitrogen and oxygen atoms in total. The van der Waals surface area contributed by atoms with Crippen LogP contribution in [0.3, 0.4) is 0 Å². The van der Waals surface area contributed by atoms with Crippen molar-refractivity contribution < 1.29 is 13.9 Å². The summed E-state index contributed by atoms with van der Waals surface area (Å²) in [5.74, 6) is -0.152. The highest BCUT2D eigenvalue weighted by Crippen LogP contribution is 2.28. The minimum absolute atomic E-state index is 0.119. The summed E-state index contributed by atoms with van der Waals surface area (Å²) in [6, 6.07) is 12.0. The van der Waals surface area contributed by atoms with Gasteiger partial charge in [0.15, 0.2) is 0 Å². The quantitative estimate of drug-likeness (QED) is 0.702. The number of benzene rings is 2. The Kier molecular flexibility index (Phi) is 5.03. The number of carbonyl (C=O) groups is 1. The average molecular weight is 381 g/mol. The van der Waals surface area contributed by atoms with Crippen molar-refractivity contribution in [2.24, 2.45) is 11.7 Å². The van der Waals surface area contributed by atoms with Gasteiger partial charge in [0, 0.05) is 13.1 Å². The molecule has 0 saturated carbocycles. The van der Waals surface area contributed by atoms with Crippen molar-refractivity contribution in [3.05, 3.63) is 71.3 Å². The smallest absolute Gasteiger partial charge is 0.227 e. The highest BCUT2D eigenvalue weighted by Gasteiger charge is 2.26. The van der Waals surface area contributed by atoms with Crippen molar-refractivity contribution in [3.8, 4) is 11.4 Å². The maximum absolute atomic E-state index is 13.4. The van der Waals surface area contributed by atoms with Crippen LogP contribution in [0.25, 0.3) is 5.69 Å². The van der Waals surface area contributed by atoms with Gasteiger partial charge in [-0.15, -0.1) is 5.10 Å². The Balaban J connectivity index is 1.39. The van der Waals surface area contributed by atoms with Gasteiger partial charge in [0.1, 0.15) is 18.2 Å². The summed E-state index contributed by atoms with van der Waals surface area (Å²) >= 11 is 0. The van der Waals surface area contributed by atoms with E-state index in [-0.39, 0.29) is 24.2 Å². The number of halogens is 1. The molecule has 28 heavy (non-hydrogen) atoms. The minimum Gasteiger partial charge on any atom is -0.492 e. The lowest BCUT2D eigenvalue weighted by Gasteiger charge is -2.24. The standard InChI is InChI=1S/C20H20FN5O2/c21-16-4-5-19-14(8-16)7-15(12-28-19)20(27)23-10-13-2-1-3-18(6-13)26-11-17(9-22)24-25-26/h1-6,8,11,15H,7,9-10,12,22H2,(H,23,27)/t15-/m0/s1. The fourth-order valence-electron chi connectivity index (χ4n) is 3.19. The highest BCUT2D eigenvalue weighted by atomic mass is 19.1. The number of aromatic nitrogens is 3. The zero-order valence-electron chi connectivity index (χ0n) is 15.1. The Labute approximate surface area is 161 Å². The first-order chi connectivity index (χ1) is 13.6. The number of nitrogens with two attached hydrogens (primary N) is 1. The molecular formula is C20H20FN5O2. The predicted octanol–water partition coefficient (Wildman–Crippen LogP) is 1.73. The van der Waals surface area contributed by atoms with Gasteiger partial charge in [-0.05, 0) is 47.9 Å². The molecule has 0 fully saturated rings. The number of ether oxygens (including phenoxy) is 1. The highest BCUT2D eigenvalue weighted by molar-refractivity contribution is 5.79. The molecule has 1 amide bonds. The van der Waals surface area contributed by atoms with Crippen LogP contribution in [0.1, 0.15) is 16.8 Å². The molecule has 144 valence electrons. The summed E-state index contributed by atoms with van der Waals surface area (Å²) in [5.41, 5.74) is 8.75. The summed E-state index contributed by atoms with van der Waals surface area (Å²) in [7, 11) is 0. The van der Waals surface area contributed by atoms with Gasteiger partial charge in [-0.1, -0.05) is 17.3 Å². The van der Waals surface area contributed by atoms with Crippen molar-refractivity contribution in [2.45, 2.75) is 19.5 Å². The summed E-state index contributed by atoms with van der Waals surface area (Å²) in [4.78, 5) is 12.5. The van der Waals surface area contributed by atoms with Crippen LogP contribution in [0.4, 0.5) is 4.39 Å². The van der Waals surface area contributed by atoms with E-state index in [4.69, 9.17) is 10.5 Å². The van der Waals surface area contributed by atoms with Crippen molar-refractivity contribution in [3.63, 3.8) is 0 Å². The lowest BCUT2D eigenvalue weighted by molar-refractivity contribution is -0.126. The van der Waals surface area contributed by atoms with Crippen LogP contribution in [-0.4, -0.2) is 27.5 Å². The third kappa shape index (κ3) is 3.86. The molecule has 3 N–H and O–H groups in total. The maximum Gasteiger partial charge on any atom is 0.227 e. The van der Waals surface area contributed by atoms with Gasteiger partial charge in [0.2, 0.25) is 5.91 Å². The molecule has 2 aromatic carbocycles. The maximum atomic E-state index is 13.4. The third-order valence-corrected chi connectivity index (χ3v) is 4.69. The predicted molar refractivity (Wildman–Crippen MR) is 100 cm³/mol. The molecule has 0 spiro atoms. The molecule has 4 rings (SSSR count). The number of nitrogens with one attached hydrogen (secondary N) is 1. The van der Waals surface area contributed by atoms with E-state index in [1.807, 2.05) is 24.3 Å². The number of hydrogen-bond acceptors (Lipinski definition) is 5. The van der Waals surface area contributed by atoms with Crippen LogP contribution in [0.5, 0.6) is 5.75 Å². The number of rotatable bonds is 5. The topological polar surface area (TPSA) is 95.1 Å². The first kappa shape index (κ1) is 18.1. The SMILES string of the molecule is NCc1cn(-c2cccc(CNC(=O)[C@@H]3COc4ccc(F)cc4C3)c2)nn1. The van der Waals surface area contributed by atoms with Gasteiger partial charge >= 0.3 is 0 Å². The molecule has 8 heteroatoms. The largest absolute Gasteiger partial charge is 0.492 e. The molecule has 1 aliphatic heterocycles. The molecule has 0 saturated heterocycles. The second kappa shape index (κ2) is 7.77. The van der Waals surface area contributed by atoms with Crippen molar-refractivity contribution >= 4 is 5.91 Å². The van der Waals surface area contributed by atoms with Gasteiger partial charge in [-0.3, -0.25) is 4.79 Å². The summed E-state index contributed by atoms with van der Waals surface area (Å²) in [6.07, 6.45) is 2.23. The number of amides is 1. The summed E-state index contributed by atoms with van der Waals surface area (Å²) in [6.45, 7) is 0.981. The molecule has 1 aliphatic rings. The number of carbonyl (C=O) groups excluding carboxylic acids is 1. The van der Waals surface area contributed by atoms with Crippen LogP contribution >= 0.6 is 0 Å². The van der Waals surface area contributed by atoms with E-state index in [1.54, 1.807) is 16.9 Å². The van der Waals surface area contributed by atoms with E-state index in [2.05, 4.69) is 15.6 Å². The first-order valence-corrected chi connectivity index (χ1v) is 9.02. The Morgan fingerprint density at radius 3 is 3.04 bits per heavy atom. The summed E-state index contributed by atoms with van der Waals surface area (Å²) < 4.78 is 20.7. The Bertz CT molecular complexity index is 1000. The zero-order chi connectivity index (χ0) is 19.5. The second-order valence-electron chi connectivity index (χ2n) is 6.71. The van der Waals surface area contributed by atoms with E-state index < -0.39 is 0 Å². The second-order valence-corrected chi connectivity index (χ2v) is 6.71. The van der Waals surface area contributed by atoms with E-state index in [9.17, 15) is 9.18 Å². The minimum atomic E-state index is -0.347. The number of nitrogens with zero attached hydrogens (tertiary/aromatic N) is 3. The van der Waals surface area contributed by atoms with Gasteiger partial charge in [-0.25, -0.2) is 9.07 Å². The van der Waals surface area contributed by atoms with Crippen molar-refractivity contribution in [1.82, 2.24) is 20.3 Å². The van der Waals surface area contributed by atoms with Gasteiger partial charge < -0.3 is 15.8 Å². The Morgan fingerprint density at radius 1 is 1.32 bits per heavy atom. The molecule has 0 radical (unpaired) electrons. The number of hydrogen-bond donors (Lipinski definition) is 2. The van der Waals surface area contributed by atoms with E-state index in [0.29, 0.717) is 31.0 Å². The molecule has 2 heterocycles. The van der Waals surface area contributed by atoms with Crippen LogP contribution in [-0.2, 0) is 24.3 Å². The summed E-state index contributed by atoms with van der Waals surface area (Å²) in [5, 5.41) is 11.0. The zero-order valence-corrected chi connectivity index (χ0v) is 15.1. The molecule has 1 atom stereocenters. The van der Waals surface area contributed by atoms with Crippen molar-refractivity contribution in [2.75, 3.05) is 6.61 Å². The fraction of sp³-hybridized carbons (Fsp3) is 0.250. The van der Waals surface area contributed by atoms with E-state index >= 15 is 0 Å². The lowest BCUT2D eigenvalue weighted by atomic mass is 9.96. The van der Waals surface area contributed by atoms with Gasteiger partial charge in [-0.2, -0.15) is 0 Å². The van der Waals surface area contributed by atoms with Crippen LogP contribution in [0.2, 0.25) is 0 Å². The first-order valence-electron chi connectivity index (χ1n) is 9.02. The lowest BCUT2D eigenvalue weighted by Crippen LogP contribution is -2.37. The molecular weight excluding hydrogens is 361 g/mol. The molecule has 3 aromatic rings. The molecule has 0 bridgehead atoms. The van der Waals surface area contributed by atoms with Crippen LogP contribution in [0, 0.1) is 11.7 Å². The third-order valence-electron chi connectivity index (χ3n) is 4.69. The van der Waals surface area contributed by atoms with E-state index in [1.165, 1.54) is 12.1 Å². The Morgan fingerprint density at radius 2 is 2.21 bits per heavy atom. The molecule has 0 aliphatic carbocycles. The van der Waals surface area contributed by atoms with Crippen LogP contribution < -0.4 is 15.8 Å². The van der Waals surface area contributed by atoms with Gasteiger partial charge in [0.05, 0.1) is 23.5 Å². The fourth-order valence-corrected chi connectivity index (χ4v) is 3.19. The van der Waals surface area contributed by atoms with E-state index in [0.717, 1.165) is 16.8 Å². The average Bonchev–Trinajstić information content (AvgIpc) is 3.21. The molecule has 0 unspecified atom stereocenters. The van der Waals surface area contributed by atoms with Crippen molar-refractivity contribution in [1.29, 1.82) is 0 Å². The monoisotopic (exact) mass is 381 g/mol. The molecule has 1 aromatic heterocycles.